The maximum absolute atomic E-state index is 14.3. The van der Waals surface area contributed by atoms with Gasteiger partial charge in [-0.05, 0) is 12.1 Å². The summed E-state index contributed by atoms with van der Waals surface area (Å²) >= 11 is 11.1. The number of rotatable bonds is 4. The fraction of sp³-hybridized carbons (Fsp3) is 0.385. The Labute approximate surface area is 151 Å². The molecule has 2 heterocycles. The van der Waals surface area contributed by atoms with Crippen molar-refractivity contribution in [2.75, 3.05) is 21.4 Å². The molecule has 2 saturated heterocycles. The van der Waals surface area contributed by atoms with Crippen LogP contribution in [0.15, 0.2) is 12.1 Å². The molecule has 1 aromatic carbocycles. The van der Waals surface area contributed by atoms with Gasteiger partial charge in [-0.3, -0.25) is 9.52 Å². The predicted octanol–water partition coefficient (Wildman–Crippen LogP) is 2.30. The summed E-state index contributed by atoms with van der Waals surface area (Å²) in [6.07, 6.45) is -1.48. The normalized spacial score (nSPS) is 23.4. The van der Waals surface area contributed by atoms with E-state index in [0.717, 1.165) is 17.0 Å². The maximum Gasteiger partial charge on any atom is 0.332 e. The Bertz CT molecular complexity index is 843. The van der Waals surface area contributed by atoms with Crippen molar-refractivity contribution in [1.82, 2.24) is 4.90 Å². The molecule has 0 bridgehead atoms. The molecular weight excluding hydrogens is 403 g/mol. The average molecular weight is 414 g/mol. The minimum atomic E-state index is -3.94. The minimum Gasteiger partial charge on any atom is -0.309 e. The fourth-order valence-corrected chi connectivity index (χ4v) is 3.78. The Morgan fingerprint density at radius 3 is 2.60 bits per heavy atom. The van der Waals surface area contributed by atoms with Crippen LogP contribution in [-0.4, -0.2) is 49.2 Å². The quantitative estimate of drug-likeness (QED) is 0.605. The maximum atomic E-state index is 14.3. The third kappa shape index (κ3) is 3.13. The van der Waals surface area contributed by atoms with Crippen LogP contribution in [0.5, 0.6) is 0 Å². The summed E-state index contributed by atoms with van der Waals surface area (Å²) in [5, 5.41) is -1.05. The second kappa shape index (κ2) is 6.26. The average Bonchev–Trinajstić information content (AvgIpc) is 3.01. The van der Waals surface area contributed by atoms with E-state index in [1.807, 2.05) is 4.72 Å². The summed E-state index contributed by atoms with van der Waals surface area (Å²) in [6.45, 7) is -0.257. The predicted molar refractivity (Wildman–Crippen MR) is 87.6 cm³/mol. The summed E-state index contributed by atoms with van der Waals surface area (Å²) < 4.78 is 52.8. The number of imide groups is 1. The van der Waals surface area contributed by atoms with E-state index in [0.29, 0.717) is 4.90 Å². The lowest BCUT2D eigenvalue weighted by molar-refractivity contribution is -0.119. The number of sulfonamides is 1. The summed E-state index contributed by atoms with van der Waals surface area (Å²) in [4.78, 5) is 26.3. The van der Waals surface area contributed by atoms with Crippen LogP contribution >= 0.6 is 23.2 Å². The van der Waals surface area contributed by atoms with E-state index in [-0.39, 0.29) is 23.7 Å². The summed E-state index contributed by atoms with van der Waals surface area (Å²) in [6, 6.07) is -0.180. The Balaban J connectivity index is 2.00. The molecule has 0 aromatic heterocycles. The number of benzene rings is 1. The molecule has 0 unspecified atom stereocenters. The number of carbonyl (C=O) groups excluding carboxylic acids is 2. The van der Waals surface area contributed by atoms with Gasteiger partial charge in [0.15, 0.2) is 0 Å². The van der Waals surface area contributed by atoms with Crippen LogP contribution in [0.1, 0.15) is 6.42 Å². The van der Waals surface area contributed by atoms with Crippen molar-refractivity contribution in [3.63, 3.8) is 0 Å². The third-order valence-corrected chi connectivity index (χ3v) is 5.87. The smallest absolute Gasteiger partial charge is 0.309 e. The highest BCUT2D eigenvalue weighted by molar-refractivity contribution is 7.93. The molecule has 2 fully saturated rings. The number of alkyl halides is 2. The Morgan fingerprint density at radius 1 is 1.32 bits per heavy atom. The Hall–Kier alpha value is -1.65. The van der Waals surface area contributed by atoms with E-state index in [1.165, 1.54) is 0 Å². The molecule has 3 amide bonds. The Kier molecular flexibility index (Phi) is 4.54. The monoisotopic (exact) mass is 413 g/mol. The zero-order valence-electron chi connectivity index (χ0n) is 12.4. The summed E-state index contributed by atoms with van der Waals surface area (Å²) in [5.74, 6) is -1.78. The molecule has 7 nitrogen and oxygen atoms in total. The molecule has 0 spiro atoms. The van der Waals surface area contributed by atoms with E-state index >= 15 is 0 Å². The minimum absolute atomic E-state index is 0.165. The van der Waals surface area contributed by atoms with Gasteiger partial charge in [0.25, 0.3) is 5.91 Å². The number of halogens is 4. The molecule has 1 N–H and O–H groups in total. The van der Waals surface area contributed by atoms with Crippen LogP contribution in [0, 0.1) is 5.82 Å². The van der Waals surface area contributed by atoms with Crippen molar-refractivity contribution >= 4 is 56.5 Å². The second-order valence-corrected chi connectivity index (χ2v) is 8.28. The molecule has 2 aliphatic heterocycles. The number of nitrogens with one attached hydrogen (secondary N) is 1. The largest absolute Gasteiger partial charge is 0.332 e. The number of amides is 3. The van der Waals surface area contributed by atoms with Crippen LogP contribution in [0.4, 0.5) is 25.0 Å². The number of fused-ring (bicyclic) bond motifs is 1. The van der Waals surface area contributed by atoms with Crippen LogP contribution < -0.4 is 9.62 Å². The number of nitrogens with zero attached hydrogens (tertiary/aromatic N) is 2. The first-order valence-corrected chi connectivity index (χ1v) is 9.55. The molecule has 2 atom stereocenters. The van der Waals surface area contributed by atoms with Crippen molar-refractivity contribution in [3.05, 3.63) is 23.0 Å². The van der Waals surface area contributed by atoms with Crippen LogP contribution in [-0.2, 0) is 14.8 Å². The van der Waals surface area contributed by atoms with Gasteiger partial charge in [0.1, 0.15) is 23.2 Å². The van der Waals surface area contributed by atoms with Gasteiger partial charge in [0.05, 0.1) is 22.9 Å². The topological polar surface area (TPSA) is 86.8 Å². The van der Waals surface area contributed by atoms with Gasteiger partial charge >= 0.3 is 6.03 Å². The SMILES string of the molecule is O=C1[C@@H]2C[C@@H](F)CN2C(=O)N1c1cc(NS(=O)(=O)CCl)c(Cl)cc1F. The molecule has 136 valence electrons. The van der Waals surface area contributed by atoms with Crippen LogP contribution in [0.2, 0.25) is 5.02 Å². The van der Waals surface area contributed by atoms with E-state index in [1.54, 1.807) is 0 Å². The van der Waals surface area contributed by atoms with Gasteiger partial charge in [-0.1, -0.05) is 11.6 Å². The number of hydrogen-bond acceptors (Lipinski definition) is 4. The number of anilines is 2. The standard InChI is InChI=1S/C13H11Cl2F2N3O4S/c14-5-25(23,24)18-9-3-10(8(17)2-7(9)15)20-12(21)11-1-6(16)4-19(11)13(20)22/h2-3,6,11,18H,1,4-5H2/t6-,11+/m1/s1. The van der Waals surface area contributed by atoms with Crippen molar-refractivity contribution in [1.29, 1.82) is 0 Å². The highest BCUT2D eigenvalue weighted by atomic mass is 35.5. The van der Waals surface area contributed by atoms with Gasteiger partial charge in [0, 0.05) is 6.42 Å². The van der Waals surface area contributed by atoms with Gasteiger partial charge in [-0.15, -0.1) is 11.6 Å². The number of urea groups is 1. The molecule has 12 heteroatoms. The zero-order chi connectivity index (χ0) is 18.5. The zero-order valence-corrected chi connectivity index (χ0v) is 14.7. The van der Waals surface area contributed by atoms with Gasteiger partial charge in [0.2, 0.25) is 10.0 Å². The second-order valence-electron chi connectivity index (χ2n) is 5.57. The first-order valence-electron chi connectivity index (χ1n) is 6.98. The molecule has 25 heavy (non-hydrogen) atoms. The van der Waals surface area contributed by atoms with Gasteiger partial charge < -0.3 is 4.90 Å². The first kappa shape index (κ1) is 18.2. The lowest BCUT2D eigenvalue weighted by Gasteiger charge is -2.18. The molecule has 0 radical (unpaired) electrons. The number of carbonyl (C=O) groups is 2. The third-order valence-electron chi connectivity index (χ3n) is 3.88. The van der Waals surface area contributed by atoms with E-state index < -0.39 is 50.9 Å². The molecular formula is C13H11Cl2F2N3O4S. The summed E-state index contributed by atoms with van der Waals surface area (Å²) in [7, 11) is -3.94. The van der Waals surface area contributed by atoms with E-state index in [2.05, 4.69) is 0 Å². The lowest BCUT2D eigenvalue weighted by Crippen LogP contribution is -2.35. The molecule has 3 rings (SSSR count). The van der Waals surface area contributed by atoms with Crippen molar-refractivity contribution in [3.8, 4) is 0 Å². The molecule has 2 aliphatic rings. The molecule has 0 saturated carbocycles. The Morgan fingerprint density at radius 2 is 2.00 bits per heavy atom. The van der Waals surface area contributed by atoms with E-state index in [4.69, 9.17) is 23.2 Å². The highest BCUT2D eigenvalue weighted by Crippen LogP contribution is 2.37. The lowest BCUT2D eigenvalue weighted by atomic mass is 10.2. The summed E-state index contributed by atoms with van der Waals surface area (Å²) in [5.41, 5.74) is -0.716. The van der Waals surface area contributed by atoms with Crippen molar-refractivity contribution < 1.29 is 26.8 Å². The van der Waals surface area contributed by atoms with E-state index in [9.17, 15) is 26.8 Å². The van der Waals surface area contributed by atoms with Crippen LogP contribution in [0.25, 0.3) is 0 Å². The van der Waals surface area contributed by atoms with Crippen molar-refractivity contribution in [2.24, 2.45) is 0 Å². The number of hydrogen-bond donors (Lipinski definition) is 1. The van der Waals surface area contributed by atoms with Crippen LogP contribution in [0.3, 0.4) is 0 Å². The van der Waals surface area contributed by atoms with Crippen molar-refractivity contribution in [2.45, 2.75) is 18.6 Å². The first-order chi connectivity index (χ1) is 11.6. The fourth-order valence-electron chi connectivity index (χ4n) is 2.81. The van der Waals surface area contributed by atoms with Gasteiger partial charge in [-0.25, -0.2) is 26.9 Å². The molecule has 0 aliphatic carbocycles. The van der Waals surface area contributed by atoms with Gasteiger partial charge in [-0.2, -0.15) is 0 Å². The molecule has 1 aromatic rings. The highest BCUT2D eigenvalue weighted by Gasteiger charge is 2.52.